The Bertz CT molecular complexity index is 1480. The van der Waals surface area contributed by atoms with Crippen LogP contribution in [-0.2, 0) is 11.2 Å². The third kappa shape index (κ3) is 3.80. The van der Waals surface area contributed by atoms with Gasteiger partial charge < -0.3 is 5.32 Å². The van der Waals surface area contributed by atoms with Crippen LogP contribution in [0.5, 0.6) is 0 Å². The number of aromatic amines is 1. The summed E-state index contributed by atoms with van der Waals surface area (Å²) >= 11 is 1.17. The van der Waals surface area contributed by atoms with Gasteiger partial charge in [0.2, 0.25) is 5.91 Å². The van der Waals surface area contributed by atoms with Gasteiger partial charge in [-0.1, -0.05) is 18.7 Å². The fourth-order valence-electron chi connectivity index (χ4n) is 4.07. The molecule has 0 spiro atoms. The van der Waals surface area contributed by atoms with Crippen LogP contribution in [0.2, 0.25) is 0 Å². The lowest BCUT2D eigenvalue weighted by atomic mass is 9.94. The Kier molecular flexibility index (Phi) is 5.32. The number of alkyl halides is 1. The summed E-state index contributed by atoms with van der Waals surface area (Å²) in [4.78, 5) is 12.4. The quantitative estimate of drug-likeness (QED) is 0.366. The van der Waals surface area contributed by atoms with Crippen molar-refractivity contribution in [3.63, 3.8) is 0 Å². The number of hydrogen-bond acceptors (Lipinski definition) is 5. The van der Waals surface area contributed by atoms with Crippen molar-refractivity contribution in [3.8, 4) is 17.2 Å². The van der Waals surface area contributed by atoms with Crippen LogP contribution in [0.25, 0.3) is 27.5 Å². The zero-order valence-corrected chi connectivity index (χ0v) is 19.6. The van der Waals surface area contributed by atoms with Crippen molar-refractivity contribution >= 4 is 39.9 Å². The van der Waals surface area contributed by atoms with Gasteiger partial charge in [-0.25, -0.2) is 13.3 Å². The smallest absolute Gasteiger partial charge is 0.231 e. The SMILES string of the molecule is CCc1c(F)c(SC(C)(C)C#N)c2[nH]ncc2c1-c1ccn2nc(NC(=O)[C@@H]3C[C@@H]3F)cc2c1. The number of carbonyl (C=O) groups is 1. The summed E-state index contributed by atoms with van der Waals surface area (Å²) in [6.45, 7) is 5.39. The first kappa shape index (κ1) is 22.3. The third-order valence-electron chi connectivity index (χ3n) is 5.93. The monoisotopic (exact) mass is 480 g/mol. The average molecular weight is 481 g/mol. The maximum atomic E-state index is 15.8. The van der Waals surface area contributed by atoms with Gasteiger partial charge in [0.15, 0.2) is 5.82 Å². The number of aromatic nitrogens is 4. The summed E-state index contributed by atoms with van der Waals surface area (Å²) in [5.41, 5.74) is 3.27. The van der Waals surface area contributed by atoms with E-state index in [0.717, 1.165) is 16.5 Å². The first-order valence-corrected chi connectivity index (χ1v) is 11.8. The fourth-order valence-corrected chi connectivity index (χ4v) is 5.10. The summed E-state index contributed by atoms with van der Waals surface area (Å²) in [5, 5.41) is 24.3. The Morgan fingerprint density at radius 1 is 1.44 bits per heavy atom. The normalized spacial score (nSPS) is 17.8. The number of rotatable bonds is 6. The molecule has 1 saturated carbocycles. The van der Waals surface area contributed by atoms with E-state index in [-0.39, 0.29) is 18.1 Å². The molecule has 1 aromatic carbocycles. The van der Waals surface area contributed by atoms with Gasteiger partial charge in [-0.15, -0.1) is 0 Å². The highest BCUT2D eigenvalue weighted by atomic mass is 32.2. The summed E-state index contributed by atoms with van der Waals surface area (Å²) in [6, 6.07) is 7.60. The summed E-state index contributed by atoms with van der Waals surface area (Å²) < 4.78 is 29.8. The van der Waals surface area contributed by atoms with Crippen molar-refractivity contribution in [2.75, 3.05) is 5.32 Å². The van der Waals surface area contributed by atoms with Gasteiger partial charge in [0.05, 0.1) is 34.1 Å². The van der Waals surface area contributed by atoms with Crippen molar-refractivity contribution in [1.82, 2.24) is 19.8 Å². The zero-order valence-electron chi connectivity index (χ0n) is 18.8. The topological polar surface area (TPSA) is 98.9 Å². The van der Waals surface area contributed by atoms with E-state index in [0.29, 0.717) is 33.7 Å². The lowest BCUT2D eigenvalue weighted by Crippen LogP contribution is -2.15. The predicted octanol–water partition coefficient (Wildman–Crippen LogP) is 5.27. The Morgan fingerprint density at radius 2 is 2.21 bits per heavy atom. The van der Waals surface area contributed by atoms with E-state index in [1.807, 2.05) is 19.1 Å². The number of nitrogens with one attached hydrogen (secondary N) is 2. The maximum Gasteiger partial charge on any atom is 0.231 e. The second-order valence-corrected chi connectivity index (χ2v) is 10.5. The Labute approximate surface area is 198 Å². The van der Waals surface area contributed by atoms with E-state index >= 15 is 4.39 Å². The molecule has 2 N–H and O–H groups in total. The van der Waals surface area contributed by atoms with Crippen LogP contribution in [0.1, 0.15) is 32.8 Å². The van der Waals surface area contributed by atoms with Crippen LogP contribution < -0.4 is 5.32 Å². The molecule has 3 heterocycles. The van der Waals surface area contributed by atoms with Crippen LogP contribution in [0, 0.1) is 23.1 Å². The molecule has 5 rings (SSSR count). The minimum Gasteiger partial charge on any atom is -0.309 e. The van der Waals surface area contributed by atoms with Gasteiger partial charge in [0.25, 0.3) is 0 Å². The number of nitrogens with zero attached hydrogens (tertiary/aromatic N) is 4. The Hall–Kier alpha value is -3.45. The minimum atomic E-state index is -1.08. The number of halogens is 2. The van der Waals surface area contributed by atoms with Gasteiger partial charge in [-0.05, 0) is 55.5 Å². The molecule has 34 heavy (non-hydrogen) atoms. The highest BCUT2D eigenvalue weighted by Crippen LogP contribution is 2.44. The third-order valence-corrected chi connectivity index (χ3v) is 7.12. The molecule has 0 saturated heterocycles. The summed E-state index contributed by atoms with van der Waals surface area (Å²) in [5.74, 6) is -1.01. The number of benzene rings is 1. The molecule has 0 unspecified atom stereocenters. The summed E-state index contributed by atoms with van der Waals surface area (Å²) in [6.07, 6.45) is 3.01. The van der Waals surface area contributed by atoms with Gasteiger partial charge in [0, 0.05) is 17.6 Å². The predicted molar refractivity (Wildman–Crippen MR) is 127 cm³/mol. The molecule has 0 bridgehead atoms. The molecule has 10 heteroatoms. The molecule has 1 fully saturated rings. The number of anilines is 1. The van der Waals surface area contributed by atoms with Crippen LogP contribution in [0.3, 0.4) is 0 Å². The van der Waals surface area contributed by atoms with E-state index in [9.17, 15) is 14.4 Å². The van der Waals surface area contributed by atoms with Crippen molar-refractivity contribution in [2.24, 2.45) is 5.92 Å². The number of nitriles is 1. The molecule has 7 nitrogen and oxygen atoms in total. The number of thioether (sulfide) groups is 1. The molecule has 1 aliphatic carbocycles. The number of pyridine rings is 1. The van der Waals surface area contributed by atoms with Gasteiger partial charge >= 0.3 is 0 Å². The second kappa shape index (κ2) is 8.09. The molecule has 3 aromatic heterocycles. The second-order valence-electron chi connectivity index (χ2n) is 8.89. The molecular formula is C24H22F2N6OS. The number of hydrogen-bond donors (Lipinski definition) is 2. The molecular weight excluding hydrogens is 458 g/mol. The van der Waals surface area contributed by atoms with Crippen LogP contribution >= 0.6 is 11.8 Å². The van der Waals surface area contributed by atoms with Crippen molar-refractivity contribution in [3.05, 3.63) is 42.0 Å². The van der Waals surface area contributed by atoms with E-state index in [1.165, 1.54) is 11.8 Å². The maximum absolute atomic E-state index is 15.8. The van der Waals surface area contributed by atoms with E-state index in [4.69, 9.17) is 0 Å². The standard InChI is InChI=1S/C24H22F2N6OS/c1-4-14-19(16-10-28-30-21(16)22(20(14)26)34-24(2,3)11-27)12-5-6-32-13(7-12)8-18(31-32)29-23(33)15-9-17(15)25/h5-8,10,15,17H,4,9H2,1-3H3,(H,28,30)(H,29,31,33)/t15-,17+/m1/s1. The number of fused-ring (bicyclic) bond motifs is 2. The molecule has 1 aliphatic rings. The van der Waals surface area contributed by atoms with Crippen LogP contribution in [-0.4, -0.2) is 36.6 Å². The zero-order chi connectivity index (χ0) is 24.2. The lowest BCUT2D eigenvalue weighted by Gasteiger charge is -2.19. The molecule has 2 atom stereocenters. The van der Waals surface area contributed by atoms with Gasteiger partial charge in [-0.3, -0.25) is 9.89 Å². The first-order chi connectivity index (χ1) is 16.2. The van der Waals surface area contributed by atoms with E-state index in [2.05, 4.69) is 26.7 Å². The molecule has 0 radical (unpaired) electrons. The van der Waals surface area contributed by atoms with E-state index < -0.39 is 16.8 Å². The minimum absolute atomic E-state index is 0.245. The Morgan fingerprint density at radius 3 is 2.88 bits per heavy atom. The largest absolute Gasteiger partial charge is 0.309 e. The van der Waals surface area contributed by atoms with Crippen LogP contribution in [0.15, 0.2) is 35.5 Å². The van der Waals surface area contributed by atoms with Crippen molar-refractivity contribution in [1.29, 1.82) is 5.26 Å². The van der Waals surface area contributed by atoms with Crippen molar-refractivity contribution < 1.29 is 13.6 Å². The highest BCUT2D eigenvalue weighted by molar-refractivity contribution is 8.01. The number of amides is 1. The molecule has 1 amide bonds. The molecule has 0 aliphatic heterocycles. The molecule has 4 aromatic rings. The summed E-state index contributed by atoms with van der Waals surface area (Å²) in [7, 11) is 0. The highest BCUT2D eigenvalue weighted by Gasteiger charge is 2.43. The van der Waals surface area contributed by atoms with Gasteiger partial charge in [0.1, 0.15) is 16.7 Å². The van der Waals surface area contributed by atoms with Crippen molar-refractivity contribution in [2.45, 2.75) is 49.4 Å². The van der Waals surface area contributed by atoms with E-state index in [1.54, 1.807) is 36.8 Å². The van der Waals surface area contributed by atoms with Crippen LogP contribution in [0.4, 0.5) is 14.6 Å². The number of H-pyrrole nitrogens is 1. The first-order valence-electron chi connectivity index (χ1n) is 10.9. The lowest BCUT2D eigenvalue weighted by molar-refractivity contribution is -0.117. The molecule has 174 valence electrons. The number of carbonyl (C=O) groups excluding carboxylic acids is 1. The average Bonchev–Trinajstić information content (AvgIpc) is 3.18. The fraction of sp³-hybridized carbons (Fsp3) is 0.333. The Balaban J connectivity index is 1.60. The van der Waals surface area contributed by atoms with Gasteiger partial charge in [-0.2, -0.15) is 15.5 Å².